The molecule has 0 aliphatic heterocycles. The molecule has 0 saturated heterocycles. The molecule has 0 bridgehead atoms. The number of nitrogens with zero attached hydrogens (tertiary/aromatic N) is 1. The van der Waals surface area contributed by atoms with Gasteiger partial charge in [0, 0.05) is 5.92 Å². The van der Waals surface area contributed by atoms with Crippen LogP contribution in [0.3, 0.4) is 0 Å². The first-order valence-corrected chi connectivity index (χ1v) is 5.91. The third kappa shape index (κ3) is 1.65. The Hall–Kier alpha value is -1.68. The molecule has 1 aliphatic carbocycles. The maximum Gasteiger partial charge on any atom is 0.294 e. The number of aromatic amines is 1. The van der Waals surface area contributed by atoms with Crippen LogP contribution in [0, 0.1) is 0 Å². The predicted octanol–water partition coefficient (Wildman–Crippen LogP) is 2.28. The second kappa shape index (κ2) is 3.67. The van der Waals surface area contributed by atoms with Crippen molar-refractivity contribution in [1.82, 2.24) is 9.78 Å². The third-order valence-corrected chi connectivity index (χ3v) is 3.35. The minimum absolute atomic E-state index is 0.222. The van der Waals surface area contributed by atoms with Crippen molar-refractivity contribution in [1.29, 1.82) is 0 Å². The van der Waals surface area contributed by atoms with Gasteiger partial charge >= 0.3 is 0 Å². The SMILES string of the molecule is Nc1c(C2CC2)[nH]n(-c2ccccc2Cl)c1=O. The first-order chi connectivity index (χ1) is 8.18. The number of nitrogens with one attached hydrogen (secondary N) is 1. The summed E-state index contributed by atoms with van der Waals surface area (Å²) in [5, 5.41) is 3.59. The summed E-state index contributed by atoms with van der Waals surface area (Å²) in [6, 6.07) is 7.19. The maximum atomic E-state index is 12.0. The maximum absolute atomic E-state index is 12.0. The molecule has 1 saturated carbocycles. The number of H-pyrrole nitrogens is 1. The van der Waals surface area contributed by atoms with Crippen molar-refractivity contribution in [2.45, 2.75) is 18.8 Å². The topological polar surface area (TPSA) is 63.8 Å². The second-order valence-electron chi connectivity index (χ2n) is 4.31. The Labute approximate surface area is 103 Å². The highest BCUT2D eigenvalue weighted by molar-refractivity contribution is 6.32. The smallest absolute Gasteiger partial charge is 0.294 e. The van der Waals surface area contributed by atoms with Crippen LogP contribution in [-0.2, 0) is 0 Å². The molecule has 1 fully saturated rings. The van der Waals surface area contributed by atoms with E-state index in [4.69, 9.17) is 17.3 Å². The van der Waals surface area contributed by atoms with Gasteiger partial charge in [0.1, 0.15) is 5.69 Å². The molecular weight excluding hydrogens is 238 g/mol. The van der Waals surface area contributed by atoms with E-state index in [2.05, 4.69) is 5.10 Å². The van der Waals surface area contributed by atoms with Crippen molar-refractivity contribution in [3.8, 4) is 5.69 Å². The molecule has 3 N–H and O–H groups in total. The van der Waals surface area contributed by atoms with Crippen molar-refractivity contribution >= 4 is 17.3 Å². The lowest BCUT2D eigenvalue weighted by Gasteiger charge is -2.03. The van der Waals surface area contributed by atoms with Gasteiger partial charge < -0.3 is 5.73 Å². The molecule has 0 amide bonds. The average molecular weight is 250 g/mol. The Morgan fingerprint density at radius 1 is 1.35 bits per heavy atom. The highest BCUT2D eigenvalue weighted by Gasteiger charge is 2.29. The zero-order chi connectivity index (χ0) is 12.0. The number of nitrogen functional groups attached to an aromatic ring is 1. The summed E-state index contributed by atoms with van der Waals surface area (Å²) in [5.41, 5.74) is 7.39. The van der Waals surface area contributed by atoms with Gasteiger partial charge in [-0.15, -0.1) is 0 Å². The highest BCUT2D eigenvalue weighted by Crippen LogP contribution is 2.41. The minimum Gasteiger partial charge on any atom is -0.393 e. The van der Waals surface area contributed by atoms with Crippen molar-refractivity contribution in [2.24, 2.45) is 0 Å². The molecule has 17 heavy (non-hydrogen) atoms. The average Bonchev–Trinajstić information content (AvgIpc) is 3.11. The van der Waals surface area contributed by atoms with Gasteiger partial charge in [0.25, 0.3) is 5.56 Å². The van der Waals surface area contributed by atoms with Crippen LogP contribution in [0.15, 0.2) is 29.1 Å². The molecule has 0 atom stereocenters. The summed E-state index contributed by atoms with van der Waals surface area (Å²) in [7, 11) is 0. The largest absolute Gasteiger partial charge is 0.393 e. The van der Waals surface area contributed by atoms with Crippen molar-refractivity contribution in [3.63, 3.8) is 0 Å². The van der Waals surface area contributed by atoms with Gasteiger partial charge in [-0.2, -0.15) is 0 Å². The van der Waals surface area contributed by atoms with Gasteiger partial charge in [-0.1, -0.05) is 23.7 Å². The zero-order valence-electron chi connectivity index (χ0n) is 9.11. The Kier molecular flexibility index (Phi) is 2.26. The molecule has 1 aromatic carbocycles. The van der Waals surface area contributed by atoms with Crippen LogP contribution in [0.25, 0.3) is 5.69 Å². The quantitative estimate of drug-likeness (QED) is 0.858. The number of hydrogen-bond donors (Lipinski definition) is 2. The first kappa shape index (κ1) is 10.5. The van der Waals surface area contributed by atoms with Crippen LogP contribution >= 0.6 is 11.6 Å². The normalized spacial score (nSPS) is 15.1. The molecule has 0 spiro atoms. The summed E-state index contributed by atoms with van der Waals surface area (Å²) >= 11 is 6.07. The number of rotatable bonds is 2. The third-order valence-electron chi connectivity index (χ3n) is 3.03. The van der Waals surface area contributed by atoms with Gasteiger partial charge in [0.05, 0.1) is 16.4 Å². The fraction of sp³-hybridized carbons (Fsp3) is 0.250. The van der Waals surface area contributed by atoms with E-state index in [1.54, 1.807) is 12.1 Å². The molecule has 4 nitrogen and oxygen atoms in total. The Morgan fingerprint density at radius 2 is 2.06 bits per heavy atom. The van der Waals surface area contributed by atoms with E-state index in [-0.39, 0.29) is 5.56 Å². The fourth-order valence-corrected chi connectivity index (χ4v) is 2.17. The molecule has 2 aromatic rings. The molecule has 0 radical (unpaired) electrons. The van der Waals surface area contributed by atoms with Gasteiger partial charge in [0.2, 0.25) is 0 Å². The first-order valence-electron chi connectivity index (χ1n) is 5.54. The Balaban J connectivity index is 2.18. The van der Waals surface area contributed by atoms with E-state index in [1.807, 2.05) is 12.1 Å². The lowest BCUT2D eigenvalue weighted by Crippen LogP contribution is -2.16. The second-order valence-corrected chi connectivity index (χ2v) is 4.71. The predicted molar refractivity (Wildman–Crippen MR) is 67.8 cm³/mol. The van der Waals surface area contributed by atoms with Gasteiger partial charge in [-0.25, -0.2) is 4.68 Å². The summed E-state index contributed by atoms with van der Waals surface area (Å²) in [6.45, 7) is 0. The van der Waals surface area contributed by atoms with Gasteiger partial charge in [-0.05, 0) is 25.0 Å². The molecule has 5 heteroatoms. The van der Waals surface area contributed by atoms with E-state index >= 15 is 0 Å². The summed E-state index contributed by atoms with van der Waals surface area (Å²) in [5.74, 6) is 0.409. The summed E-state index contributed by atoms with van der Waals surface area (Å²) < 4.78 is 1.42. The lowest BCUT2D eigenvalue weighted by molar-refractivity contribution is 0.816. The summed E-state index contributed by atoms with van der Waals surface area (Å²) in [4.78, 5) is 12.0. The van der Waals surface area contributed by atoms with Gasteiger partial charge in [0.15, 0.2) is 0 Å². The monoisotopic (exact) mass is 249 g/mol. The molecule has 1 aromatic heterocycles. The van der Waals surface area contributed by atoms with Crippen LogP contribution in [0.1, 0.15) is 24.5 Å². The van der Waals surface area contributed by atoms with Crippen molar-refractivity contribution in [2.75, 3.05) is 5.73 Å². The van der Waals surface area contributed by atoms with E-state index < -0.39 is 0 Å². The number of para-hydroxylation sites is 1. The molecule has 3 rings (SSSR count). The van der Waals surface area contributed by atoms with Crippen LogP contribution in [-0.4, -0.2) is 9.78 Å². The van der Waals surface area contributed by atoms with Gasteiger partial charge in [-0.3, -0.25) is 9.89 Å². The van der Waals surface area contributed by atoms with Crippen LogP contribution in [0.5, 0.6) is 0 Å². The lowest BCUT2D eigenvalue weighted by atomic mass is 10.3. The van der Waals surface area contributed by atoms with E-state index in [9.17, 15) is 4.79 Å². The number of benzene rings is 1. The van der Waals surface area contributed by atoms with Crippen molar-refractivity contribution in [3.05, 3.63) is 45.3 Å². The molecule has 1 heterocycles. The molecule has 88 valence electrons. The molecule has 0 unspecified atom stereocenters. The standard InChI is InChI=1S/C12H12ClN3O/c13-8-3-1-2-4-9(8)16-12(17)10(14)11(15-16)7-5-6-7/h1-4,7,15H,5-6,14H2. The minimum atomic E-state index is -0.222. The number of aromatic nitrogens is 2. The summed E-state index contributed by atoms with van der Waals surface area (Å²) in [6.07, 6.45) is 2.18. The Bertz CT molecular complexity index is 625. The molecular formula is C12H12ClN3O. The van der Waals surface area contributed by atoms with E-state index in [1.165, 1.54) is 4.68 Å². The zero-order valence-corrected chi connectivity index (χ0v) is 9.87. The molecule has 1 aliphatic rings. The fourth-order valence-electron chi connectivity index (χ4n) is 1.95. The van der Waals surface area contributed by atoms with Crippen LogP contribution in [0.2, 0.25) is 5.02 Å². The van der Waals surface area contributed by atoms with E-state index in [0.29, 0.717) is 22.3 Å². The number of anilines is 1. The van der Waals surface area contributed by atoms with Crippen molar-refractivity contribution < 1.29 is 0 Å². The number of hydrogen-bond acceptors (Lipinski definition) is 2. The Morgan fingerprint density at radius 3 is 2.71 bits per heavy atom. The number of nitrogens with two attached hydrogens (primary N) is 1. The van der Waals surface area contributed by atoms with Crippen LogP contribution in [0.4, 0.5) is 5.69 Å². The highest BCUT2D eigenvalue weighted by atomic mass is 35.5. The number of halogens is 1. The van der Waals surface area contributed by atoms with E-state index in [0.717, 1.165) is 18.5 Å². The van der Waals surface area contributed by atoms with Crippen LogP contribution < -0.4 is 11.3 Å².